The number of benzene rings is 2. The van der Waals surface area contributed by atoms with Gasteiger partial charge in [0.15, 0.2) is 0 Å². The van der Waals surface area contributed by atoms with Crippen molar-refractivity contribution >= 4 is 16.9 Å². The van der Waals surface area contributed by atoms with Crippen molar-refractivity contribution < 1.29 is 0 Å². The number of hydrogen-bond donors (Lipinski definition) is 2. The third-order valence-electron chi connectivity index (χ3n) is 3.82. The maximum Gasteiger partial charge on any atom is 0.0566 e. The van der Waals surface area contributed by atoms with Crippen LogP contribution in [0.4, 0.5) is 11.4 Å². The Morgan fingerprint density at radius 1 is 1.00 bits per heavy atom. The topological polar surface area (TPSA) is 38.0 Å². The quantitative estimate of drug-likeness (QED) is 0.811. The Labute approximate surface area is 126 Å². The van der Waals surface area contributed by atoms with Crippen molar-refractivity contribution in [3.63, 3.8) is 0 Å². The van der Waals surface area contributed by atoms with Crippen LogP contribution in [0.1, 0.15) is 18.9 Å². The third-order valence-corrected chi connectivity index (χ3v) is 3.82. The largest absolute Gasteiger partial charge is 0.399 e. The summed E-state index contributed by atoms with van der Waals surface area (Å²) in [5.74, 6) is 0. The van der Waals surface area contributed by atoms with Gasteiger partial charge in [0.25, 0.3) is 0 Å². The molecule has 1 atom stereocenters. The Morgan fingerprint density at radius 3 is 2.33 bits per heavy atom. The van der Waals surface area contributed by atoms with E-state index in [0.717, 1.165) is 17.8 Å². The predicted octanol–water partition coefficient (Wildman–Crippen LogP) is 4.48. The SMILES string of the molecule is CC1(Nc2ccccc2)C=CC(c2ccc(N)cc2)=CC1. The van der Waals surface area contributed by atoms with E-state index in [4.69, 9.17) is 5.73 Å². The zero-order valence-electron chi connectivity index (χ0n) is 12.2. The van der Waals surface area contributed by atoms with Gasteiger partial charge in [0.05, 0.1) is 5.54 Å². The van der Waals surface area contributed by atoms with Gasteiger partial charge in [-0.2, -0.15) is 0 Å². The average Bonchev–Trinajstić information content (AvgIpc) is 2.50. The summed E-state index contributed by atoms with van der Waals surface area (Å²) in [5, 5.41) is 3.59. The zero-order valence-corrected chi connectivity index (χ0v) is 12.2. The lowest BCUT2D eigenvalue weighted by Gasteiger charge is -2.30. The number of nitrogen functional groups attached to an aromatic ring is 1. The number of nitrogens with two attached hydrogens (primary N) is 1. The van der Waals surface area contributed by atoms with Gasteiger partial charge in [0.1, 0.15) is 0 Å². The second-order valence-electron chi connectivity index (χ2n) is 5.73. The fourth-order valence-electron chi connectivity index (χ4n) is 2.57. The average molecular weight is 276 g/mol. The van der Waals surface area contributed by atoms with Crippen molar-refractivity contribution in [2.45, 2.75) is 18.9 Å². The first-order valence-electron chi connectivity index (χ1n) is 7.23. The van der Waals surface area contributed by atoms with E-state index in [1.54, 1.807) is 0 Å². The molecule has 3 N–H and O–H groups in total. The Bertz CT molecular complexity index is 668. The van der Waals surface area contributed by atoms with Gasteiger partial charge >= 0.3 is 0 Å². The van der Waals surface area contributed by atoms with Crippen LogP contribution in [0, 0.1) is 0 Å². The molecule has 0 aromatic heterocycles. The summed E-state index contributed by atoms with van der Waals surface area (Å²) < 4.78 is 0. The second-order valence-corrected chi connectivity index (χ2v) is 5.73. The van der Waals surface area contributed by atoms with Crippen LogP contribution < -0.4 is 11.1 Å². The fourth-order valence-corrected chi connectivity index (χ4v) is 2.57. The molecule has 0 radical (unpaired) electrons. The molecule has 106 valence electrons. The lowest BCUT2D eigenvalue weighted by molar-refractivity contribution is 0.642. The van der Waals surface area contributed by atoms with Crippen LogP contribution >= 0.6 is 0 Å². The van der Waals surface area contributed by atoms with Gasteiger partial charge in [0, 0.05) is 11.4 Å². The van der Waals surface area contributed by atoms with E-state index in [-0.39, 0.29) is 5.54 Å². The molecule has 3 rings (SSSR count). The monoisotopic (exact) mass is 276 g/mol. The highest BCUT2D eigenvalue weighted by Crippen LogP contribution is 2.29. The zero-order chi connectivity index (χ0) is 14.7. The molecule has 1 aliphatic carbocycles. The van der Waals surface area contributed by atoms with Crippen molar-refractivity contribution in [1.82, 2.24) is 0 Å². The minimum atomic E-state index is -0.0430. The highest BCUT2D eigenvalue weighted by molar-refractivity contribution is 5.76. The van der Waals surface area contributed by atoms with Gasteiger partial charge in [-0.1, -0.05) is 48.6 Å². The lowest BCUT2D eigenvalue weighted by Crippen LogP contribution is -2.32. The van der Waals surface area contributed by atoms with E-state index in [1.165, 1.54) is 11.1 Å². The highest BCUT2D eigenvalue weighted by atomic mass is 15.0. The molecule has 2 nitrogen and oxygen atoms in total. The van der Waals surface area contributed by atoms with Gasteiger partial charge < -0.3 is 11.1 Å². The van der Waals surface area contributed by atoms with Crippen LogP contribution in [0.3, 0.4) is 0 Å². The first-order chi connectivity index (χ1) is 10.1. The Hall–Kier alpha value is -2.48. The maximum atomic E-state index is 5.74. The maximum absolute atomic E-state index is 5.74. The number of hydrogen-bond acceptors (Lipinski definition) is 2. The number of allylic oxidation sites excluding steroid dienone is 2. The van der Waals surface area contributed by atoms with E-state index >= 15 is 0 Å². The van der Waals surface area contributed by atoms with E-state index < -0.39 is 0 Å². The van der Waals surface area contributed by atoms with Crippen molar-refractivity contribution in [1.29, 1.82) is 0 Å². The van der Waals surface area contributed by atoms with Crippen LogP contribution in [0.15, 0.2) is 72.8 Å². The molecule has 0 saturated heterocycles. The summed E-state index contributed by atoms with van der Waals surface area (Å²) in [6, 6.07) is 18.3. The Balaban J connectivity index is 1.74. The Kier molecular flexibility index (Phi) is 3.53. The van der Waals surface area contributed by atoms with E-state index in [9.17, 15) is 0 Å². The number of nitrogens with one attached hydrogen (secondary N) is 1. The molecule has 0 aliphatic heterocycles. The summed E-state index contributed by atoms with van der Waals surface area (Å²) in [4.78, 5) is 0. The van der Waals surface area contributed by atoms with Crippen LogP contribution in [0.5, 0.6) is 0 Å². The molecule has 1 aliphatic rings. The summed E-state index contributed by atoms with van der Waals surface area (Å²) in [6.07, 6.45) is 7.66. The minimum absolute atomic E-state index is 0.0430. The van der Waals surface area contributed by atoms with Gasteiger partial charge in [-0.05, 0) is 48.7 Å². The molecular formula is C19H20N2. The van der Waals surface area contributed by atoms with Crippen LogP contribution in [0.25, 0.3) is 5.57 Å². The van der Waals surface area contributed by atoms with Gasteiger partial charge in [0.2, 0.25) is 0 Å². The molecule has 21 heavy (non-hydrogen) atoms. The molecule has 0 heterocycles. The molecule has 1 unspecified atom stereocenters. The molecule has 0 spiro atoms. The first-order valence-corrected chi connectivity index (χ1v) is 7.23. The molecule has 2 aromatic rings. The smallest absolute Gasteiger partial charge is 0.0566 e. The second kappa shape index (κ2) is 5.49. The van der Waals surface area contributed by atoms with E-state index in [2.05, 4.69) is 54.7 Å². The molecule has 0 bridgehead atoms. The number of anilines is 2. The lowest BCUT2D eigenvalue weighted by atomic mass is 9.88. The fraction of sp³-hybridized carbons (Fsp3) is 0.158. The highest BCUT2D eigenvalue weighted by Gasteiger charge is 2.22. The van der Waals surface area contributed by atoms with Gasteiger partial charge in [-0.3, -0.25) is 0 Å². The summed E-state index contributed by atoms with van der Waals surface area (Å²) >= 11 is 0. The van der Waals surface area contributed by atoms with E-state index in [0.29, 0.717) is 0 Å². The summed E-state index contributed by atoms with van der Waals surface area (Å²) in [7, 11) is 0. The minimum Gasteiger partial charge on any atom is -0.399 e. The van der Waals surface area contributed by atoms with E-state index in [1.807, 2.05) is 30.3 Å². The molecule has 2 heteroatoms. The van der Waals surface area contributed by atoms with Crippen LogP contribution in [0.2, 0.25) is 0 Å². The standard InChI is InChI=1S/C19H20N2/c1-19(21-18-5-3-2-4-6-18)13-11-16(12-14-19)15-7-9-17(20)10-8-15/h2-13,21H,14,20H2,1H3. The third kappa shape index (κ3) is 3.16. The van der Waals surface area contributed by atoms with Crippen molar-refractivity contribution in [3.05, 3.63) is 78.4 Å². The predicted molar refractivity (Wildman–Crippen MR) is 91.1 cm³/mol. The normalized spacial score (nSPS) is 20.9. The summed E-state index contributed by atoms with van der Waals surface area (Å²) in [6.45, 7) is 2.22. The number of para-hydroxylation sites is 1. The van der Waals surface area contributed by atoms with Crippen LogP contribution in [-0.2, 0) is 0 Å². The van der Waals surface area contributed by atoms with Crippen LogP contribution in [-0.4, -0.2) is 5.54 Å². The molecule has 0 amide bonds. The van der Waals surface area contributed by atoms with Crippen molar-refractivity contribution in [3.8, 4) is 0 Å². The van der Waals surface area contributed by atoms with Crippen molar-refractivity contribution in [2.24, 2.45) is 0 Å². The van der Waals surface area contributed by atoms with Crippen molar-refractivity contribution in [2.75, 3.05) is 11.1 Å². The molecular weight excluding hydrogens is 256 g/mol. The van der Waals surface area contributed by atoms with Gasteiger partial charge in [-0.15, -0.1) is 0 Å². The molecule has 0 saturated carbocycles. The first kappa shape index (κ1) is 13.5. The molecule has 2 aromatic carbocycles. The Morgan fingerprint density at radius 2 is 1.71 bits per heavy atom. The molecule has 0 fully saturated rings. The van der Waals surface area contributed by atoms with Gasteiger partial charge in [-0.25, -0.2) is 0 Å². The number of rotatable bonds is 3. The summed E-state index contributed by atoms with van der Waals surface area (Å²) in [5.41, 5.74) is 10.1.